The molecule has 2 rings (SSSR count). The topological polar surface area (TPSA) is 138 Å². The van der Waals surface area contributed by atoms with E-state index in [0.29, 0.717) is 35.5 Å². The molecular weight excluding hydrogens is 476 g/mol. The third kappa shape index (κ3) is 12.3. The molecule has 0 spiro atoms. The predicted octanol–water partition coefficient (Wildman–Crippen LogP) is 6.12. The highest BCUT2D eigenvalue weighted by molar-refractivity contribution is 5.76. The van der Waals surface area contributed by atoms with Crippen molar-refractivity contribution in [1.82, 2.24) is 0 Å². The number of rotatable bonds is 11. The van der Waals surface area contributed by atoms with Crippen molar-refractivity contribution in [2.75, 3.05) is 0 Å². The minimum absolute atomic E-state index is 0.0209. The molecular formula is C29H50O8. The van der Waals surface area contributed by atoms with Gasteiger partial charge in [-0.1, -0.05) is 54.4 Å². The van der Waals surface area contributed by atoms with Gasteiger partial charge in [0.05, 0.1) is 12.8 Å². The van der Waals surface area contributed by atoms with Gasteiger partial charge in [0.2, 0.25) is 0 Å². The van der Waals surface area contributed by atoms with Crippen LogP contribution in [0, 0.1) is 47.3 Å². The van der Waals surface area contributed by atoms with E-state index in [1.54, 1.807) is 0 Å². The highest BCUT2D eigenvalue weighted by Gasteiger charge is 2.37. The summed E-state index contributed by atoms with van der Waals surface area (Å²) >= 11 is 0. The fourth-order valence-corrected chi connectivity index (χ4v) is 6.33. The van der Waals surface area contributed by atoms with Crippen molar-refractivity contribution in [2.24, 2.45) is 47.3 Å². The minimum Gasteiger partial charge on any atom is -0.481 e. The highest BCUT2D eigenvalue weighted by atomic mass is 16.5. The molecule has 0 bridgehead atoms. The fraction of sp³-hybridized carbons (Fsp3) is 0.862. The zero-order valence-electron chi connectivity index (χ0n) is 23.7. The Morgan fingerprint density at radius 1 is 0.676 bits per heavy atom. The second-order valence-electron chi connectivity index (χ2n) is 12.2. The van der Waals surface area contributed by atoms with Crippen LogP contribution < -0.4 is 0 Å². The van der Waals surface area contributed by atoms with Crippen molar-refractivity contribution in [3.63, 3.8) is 0 Å². The third-order valence-electron chi connectivity index (χ3n) is 8.34. The molecule has 2 aliphatic carbocycles. The lowest BCUT2D eigenvalue weighted by atomic mass is 9.64. The zero-order chi connectivity index (χ0) is 28.3. The maximum Gasteiger partial charge on any atom is 0.306 e. The Bertz CT molecular complexity index is 730. The molecule has 0 aliphatic heterocycles. The van der Waals surface area contributed by atoms with Gasteiger partial charge in [-0.25, -0.2) is 0 Å². The second-order valence-corrected chi connectivity index (χ2v) is 12.2. The van der Waals surface area contributed by atoms with E-state index in [-0.39, 0.29) is 49.6 Å². The maximum atomic E-state index is 11.6. The standard InChI is InChI=1S/C15H26O4.C14H24O4/c1-9(2)12-5-4-10(3)6-13(12)11(7-14(16)17)8-15(18)19;1-9(2)11-5-4-10(3)8-12(11)18-14(17)7-6-13(15)16/h9-13H,4-8H2,1-3H3,(H,16,17)(H,18,19);9-12H,4-8H2,1-3H3,(H,15,16). The molecule has 3 N–H and O–H groups in total. The molecule has 2 fully saturated rings. The first-order valence-electron chi connectivity index (χ1n) is 14.1. The van der Waals surface area contributed by atoms with Gasteiger partial charge < -0.3 is 20.1 Å². The Morgan fingerprint density at radius 3 is 1.62 bits per heavy atom. The molecule has 6 unspecified atom stereocenters. The van der Waals surface area contributed by atoms with E-state index in [0.717, 1.165) is 25.7 Å². The Morgan fingerprint density at radius 2 is 1.16 bits per heavy atom. The van der Waals surface area contributed by atoms with E-state index < -0.39 is 17.9 Å². The van der Waals surface area contributed by atoms with Crippen LogP contribution in [-0.4, -0.2) is 45.3 Å². The van der Waals surface area contributed by atoms with E-state index >= 15 is 0 Å². The smallest absolute Gasteiger partial charge is 0.306 e. The van der Waals surface area contributed by atoms with Crippen LogP contribution in [-0.2, 0) is 23.9 Å². The quantitative estimate of drug-likeness (QED) is 0.274. The fourth-order valence-electron chi connectivity index (χ4n) is 6.33. The summed E-state index contributed by atoms with van der Waals surface area (Å²) in [7, 11) is 0. The van der Waals surface area contributed by atoms with Crippen LogP contribution >= 0.6 is 0 Å². The summed E-state index contributed by atoms with van der Waals surface area (Å²) in [5.74, 6) is -0.0822. The molecule has 8 nitrogen and oxygen atoms in total. The molecule has 0 radical (unpaired) electrons. The summed E-state index contributed by atoms with van der Waals surface area (Å²) in [6, 6.07) is 0. The maximum absolute atomic E-state index is 11.6. The lowest BCUT2D eigenvalue weighted by Gasteiger charge is -2.41. The lowest BCUT2D eigenvalue weighted by Crippen LogP contribution is -2.35. The van der Waals surface area contributed by atoms with Gasteiger partial charge in [-0.2, -0.15) is 0 Å². The molecule has 0 aromatic rings. The summed E-state index contributed by atoms with van der Waals surface area (Å²) in [4.78, 5) is 44.0. The minimum atomic E-state index is -0.954. The van der Waals surface area contributed by atoms with E-state index in [4.69, 9.17) is 20.1 Å². The number of hydrogen-bond donors (Lipinski definition) is 3. The first kappa shape index (κ1) is 32.9. The van der Waals surface area contributed by atoms with E-state index in [2.05, 4.69) is 41.5 Å². The monoisotopic (exact) mass is 526 g/mol. The molecule has 0 amide bonds. The van der Waals surface area contributed by atoms with Gasteiger partial charge in [0, 0.05) is 12.8 Å². The average Bonchev–Trinajstić information content (AvgIpc) is 2.76. The van der Waals surface area contributed by atoms with Gasteiger partial charge in [0.25, 0.3) is 0 Å². The van der Waals surface area contributed by atoms with Crippen molar-refractivity contribution in [2.45, 2.75) is 112 Å². The SMILES string of the molecule is CC1CCC(C(C)C)C(C(CC(=O)O)CC(=O)O)C1.CC1CCC(C(C)C)C(OC(=O)CCC(=O)O)C1. The van der Waals surface area contributed by atoms with E-state index in [1.807, 2.05) is 0 Å². The van der Waals surface area contributed by atoms with Gasteiger partial charge in [0.1, 0.15) is 6.10 Å². The van der Waals surface area contributed by atoms with E-state index in [1.165, 1.54) is 12.8 Å². The Kier molecular flexibility index (Phi) is 14.2. The van der Waals surface area contributed by atoms with Crippen LogP contribution in [0.3, 0.4) is 0 Å². The Hall–Kier alpha value is -2.12. The third-order valence-corrected chi connectivity index (χ3v) is 8.34. The van der Waals surface area contributed by atoms with Crippen LogP contribution in [0.4, 0.5) is 0 Å². The number of esters is 1. The summed E-state index contributed by atoms with van der Waals surface area (Å²) in [6.07, 6.45) is 6.18. The Labute approximate surface area is 222 Å². The molecule has 6 atom stereocenters. The van der Waals surface area contributed by atoms with Gasteiger partial charge in [0.15, 0.2) is 0 Å². The van der Waals surface area contributed by atoms with Crippen molar-refractivity contribution >= 4 is 23.9 Å². The molecule has 0 heterocycles. The molecule has 37 heavy (non-hydrogen) atoms. The van der Waals surface area contributed by atoms with Gasteiger partial charge in [-0.3, -0.25) is 19.2 Å². The summed E-state index contributed by atoms with van der Waals surface area (Å²) in [6.45, 7) is 13.0. The van der Waals surface area contributed by atoms with Crippen LogP contribution in [0.2, 0.25) is 0 Å². The van der Waals surface area contributed by atoms with Crippen molar-refractivity contribution in [1.29, 1.82) is 0 Å². The average molecular weight is 527 g/mol. The summed E-state index contributed by atoms with van der Waals surface area (Å²) < 4.78 is 5.48. The second kappa shape index (κ2) is 16.0. The number of carboxylic acid groups (broad SMARTS) is 3. The molecule has 2 aliphatic rings. The Balaban J connectivity index is 0.000000371. The van der Waals surface area contributed by atoms with Crippen LogP contribution in [0.1, 0.15) is 106 Å². The van der Waals surface area contributed by atoms with Gasteiger partial charge in [-0.15, -0.1) is 0 Å². The van der Waals surface area contributed by atoms with Crippen LogP contribution in [0.5, 0.6) is 0 Å². The largest absolute Gasteiger partial charge is 0.481 e. The van der Waals surface area contributed by atoms with Crippen molar-refractivity contribution in [3.8, 4) is 0 Å². The number of hydrogen-bond acceptors (Lipinski definition) is 5. The number of aliphatic carboxylic acids is 3. The molecule has 214 valence electrons. The normalized spacial score (nSPS) is 27.9. The molecule has 2 saturated carbocycles. The van der Waals surface area contributed by atoms with Crippen LogP contribution in [0.15, 0.2) is 0 Å². The molecule has 0 aromatic carbocycles. The zero-order valence-corrected chi connectivity index (χ0v) is 23.7. The summed E-state index contributed by atoms with van der Waals surface area (Å²) in [5, 5.41) is 26.6. The summed E-state index contributed by atoms with van der Waals surface area (Å²) in [5.41, 5.74) is 0. The van der Waals surface area contributed by atoms with Crippen molar-refractivity contribution in [3.05, 3.63) is 0 Å². The van der Waals surface area contributed by atoms with Gasteiger partial charge in [-0.05, 0) is 73.0 Å². The number of ether oxygens (including phenoxy) is 1. The first-order valence-corrected chi connectivity index (χ1v) is 14.1. The first-order chi connectivity index (χ1) is 17.2. The number of carbonyl (C=O) groups excluding carboxylic acids is 1. The molecule has 0 saturated heterocycles. The predicted molar refractivity (Wildman–Crippen MR) is 141 cm³/mol. The van der Waals surface area contributed by atoms with E-state index in [9.17, 15) is 19.2 Å². The number of carbonyl (C=O) groups is 4. The van der Waals surface area contributed by atoms with Crippen molar-refractivity contribution < 1.29 is 39.2 Å². The van der Waals surface area contributed by atoms with Crippen LogP contribution in [0.25, 0.3) is 0 Å². The highest BCUT2D eigenvalue weighted by Crippen LogP contribution is 2.44. The van der Waals surface area contributed by atoms with Gasteiger partial charge >= 0.3 is 23.9 Å². The molecule has 8 heteroatoms. The molecule has 0 aromatic heterocycles. The lowest BCUT2D eigenvalue weighted by molar-refractivity contribution is -0.158. The number of carboxylic acids is 3.